The van der Waals surface area contributed by atoms with Crippen LogP contribution in [-0.4, -0.2) is 41.1 Å². The Bertz CT molecular complexity index is 432. The molecule has 1 unspecified atom stereocenters. The topological polar surface area (TPSA) is 52.6 Å². The van der Waals surface area contributed by atoms with Crippen molar-refractivity contribution in [1.29, 1.82) is 0 Å². The largest absolute Gasteiger partial charge is 0.478 e. The van der Waals surface area contributed by atoms with Gasteiger partial charge in [-0.15, -0.1) is 0 Å². The van der Waals surface area contributed by atoms with Crippen LogP contribution in [0.25, 0.3) is 0 Å². The van der Waals surface area contributed by atoms with E-state index < -0.39 is 5.97 Å². The van der Waals surface area contributed by atoms with Crippen molar-refractivity contribution in [1.82, 2.24) is 4.90 Å². The molecule has 18 heavy (non-hydrogen) atoms. The van der Waals surface area contributed by atoms with Gasteiger partial charge in [0.25, 0.3) is 0 Å². The minimum atomic E-state index is -0.878. The van der Waals surface area contributed by atoms with Crippen molar-refractivity contribution >= 4 is 11.7 Å². The Hall–Kier alpha value is -1.55. The number of carbonyl (C=O) groups is 1. The molecule has 0 bridgehead atoms. The van der Waals surface area contributed by atoms with Crippen LogP contribution < -0.4 is 5.32 Å². The molecule has 1 aliphatic heterocycles. The van der Waals surface area contributed by atoms with E-state index in [2.05, 4.69) is 24.1 Å². The molecule has 1 atom stereocenters. The zero-order valence-corrected chi connectivity index (χ0v) is 10.9. The van der Waals surface area contributed by atoms with E-state index in [9.17, 15) is 4.79 Å². The molecule has 2 rings (SSSR count). The first-order valence-electron chi connectivity index (χ1n) is 6.41. The van der Waals surface area contributed by atoms with Crippen molar-refractivity contribution in [2.75, 3.05) is 18.4 Å². The molecular formula is C14H20N2O2. The number of likely N-dealkylation sites (tertiary alicyclic amines) is 1. The number of nitrogens with zero attached hydrogens (tertiary/aromatic N) is 1. The molecule has 0 amide bonds. The second-order valence-corrected chi connectivity index (χ2v) is 5.07. The molecule has 0 radical (unpaired) electrons. The van der Waals surface area contributed by atoms with Crippen LogP contribution in [0.1, 0.15) is 30.6 Å². The van der Waals surface area contributed by atoms with Gasteiger partial charge in [0.15, 0.2) is 0 Å². The highest BCUT2D eigenvalue weighted by molar-refractivity contribution is 5.94. The number of hydrogen-bond acceptors (Lipinski definition) is 3. The number of carboxylic acid groups (broad SMARTS) is 1. The summed E-state index contributed by atoms with van der Waals surface area (Å²) in [5.74, 6) is -0.878. The molecule has 0 aliphatic carbocycles. The Balaban J connectivity index is 2.05. The van der Waals surface area contributed by atoms with Crippen LogP contribution >= 0.6 is 0 Å². The highest BCUT2D eigenvalue weighted by Gasteiger charge is 2.24. The van der Waals surface area contributed by atoms with Gasteiger partial charge in [0.05, 0.1) is 5.56 Å². The first-order chi connectivity index (χ1) is 8.58. The van der Waals surface area contributed by atoms with E-state index in [4.69, 9.17) is 5.11 Å². The van der Waals surface area contributed by atoms with Crippen molar-refractivity contribution in [2.24, 2.45) is 0 Å². The van der Waals surface area contributed by atoms with E-state index in [1.54, 1.807) is 12.1 Å². The summed E-state index contributed by atoms with van der Waals surface area (Å²) in [6.07, 6.45) is 1.06. The molecule has 1 aromatic carbocycles. The van der Waals surface area contributed by atoms with E-state index in [-0.39, 0.29) is 0 Å². The number of nitrogens with one attached hydrogen (secondary N) is 1. The van der Waals surface area contributed by atoms with Gasteiger partial charge < -0.3 is 10.4 Å². The standard InChI is InChI=1S/C14H20N2O2/c1-10(2)16-8-7-11(9-16)15-13-6-4-3-5-12(13)14(17)18/h3-6,10-11,15H,7-9H2,1-2H3,(H,17,18). The second-order valence-electron chi connectivity index (χ2n) is 5.07. The third-order valence-corrected chi connectivity index (χ3v) is 3.47. The third kappa shape index (κ3) is 2.82. The average molecular weight is 248 g/mol. The lowest BCUT2D eigenvalue weighted by atomic mass is 10.1. The molecule has 1 fully saturated rings. The van der Waals surface area contributed by atoms with Crippen LogP contribution in [0, 0.1) is 0 Å². The Morgan fingerprint density at radius 3 is 2.78 bits per heavy atom. The molecule has 1 aromatic rings. The van der Waals surface area contributed by atoms with E-state index in [1.807, 2.05) is 12.1 Å². The van der Waals surface area contributed by atoms with Gasteiger partial charge in [-0.05, 0) is 32.4 Å². The number of rotatable bonds is 4. The van der Waals surface area contributed by atoms with Crippen molar-refractivity contribution in [3.63, 3.8) is 0 Å². The molecule has 1 saturated heterocycles. The summed E-state index contributed by atoms with van der Waals surface area (Å²) in [6.45, 7) is 6.43. The second kappa shape index (κ2) is 5.40. The van der Waals surface area contributed by atoms with Gasteiger partial charge in [0.2, 0.25) is 0 Å². The minimum absolute atomic E-state index is 0.341. The monoisotopic (exact) mass is 248 g/mol. The Morgan fingerprint density at radius 1 is 1.44 bits per heavy atom. The number of aromatic carboxylic acids is 1. The maximum atomic E-state index is 11.1. The van der Waals surface area contributed by atoms with Crippen molar-refractivity contribution in [3.8, 4) is 0 Å². The van der Waals surface area contributed by atoms with Gasteiger partial charge in [0.1, 0.15) is 0 Å². The van der Waals surface area contributed by atoms with Crippen molar-refractivity contribution in [2.45, 2.75) is 32.4 Å². The fraction of sp³-hybridized carbons (Fsp3) is 0.500. The van der Waals surface area contributed by atoms with Crippen LogP contribution in [0.4, 0.5) is 5.69 Å². The van der Waals surface area contributed by atoms with Crippen LogP contribution in [0.5, 0.6) is 0 Å². The summed E-state index contributed by atoms with van der Waals surface area (Å²) < 4.78 is 0. The number of carboxylic acids is 1. The van der Waals surface area contributed by atoms with E-state index >= 15 is 0 Å². The van der Waals surface area contributed by atoms with E-state index in [0.29, 0.717) is 17.6 Å². The fourth-order valence-corrected chi connectivity index (χ4v) is 2.39. The zero-order chi connectivity index (χ0) is 13.1. The quantitative estimate of drug-likeness (QED) is 0.858. The Labute approximate surface area is 108 Å². The van der Waals surface area contributed by atoms with Gasteiger partial charge in [0, 0.05) is 30.9 Å². The van der Waals surface area contributed by atoms with E-state index in [1.165, 1.54) is 0 Å². The predicted molar refractivity (Wildman–Crippen MR) is 72.1 cm³/mol. The molecule has 98 valence electrons. The minimum Gasteiger partial charge on any atom is -0.478 e. The number of anilines is 1. The van der Waals surface area contributed by atoms with Crippen LogP contribution in [0.3, 0.4) is 0 Å². The molecule has 4 nitrogen and oxygen atoms in total. The van der Waals surface area contributed by atoms with Crippen molar-refractivity contribution in [3.05, 3.63) is 29.8 Å². The predicted octanol–water partition coefficient (Wildman–Crippen LogP) is 2.28. The lowest BCUT2D eigenvalue weighted by Gasteiger charge is -2.21. The third-order valence-electron chi connectivity index (χ3n) is 3.47. The molecule has 1 heterocycles. The van der Waals surface area contributed by atoms with Gasteiger partial charge in [-0.3, -0.25) is 4.90 Å². The lowest BCUT2D eigenvalue weighted by Crippen LogP contribution is -2.31. The SMILES string of the molecule is CC(C)N1CCC(Nc2ccccc2C(=O)O)C1. The Morgan fingerprint density at radius 2 is 2.17 bits per heavy atom. The summed E-state index contributed by atoms with van der Waals surface area (Å²) in [5, 5.41) is 12.5. The summed E-state index contributed by atoms with van der Waals surface area (Å²) in [7, 11) is 0. The molecule has 2 N–H and O–H groups in total. The summed E-state index contributed by atoms with van der Waals surface area (Å²) >= 11 is 0. The van der Waals surface area contributed by atoms with Gasteiger partial charge in [-0.25, -0.2) is 4.79 Å². The fourth-order valence-electron chi connectivity index (χ4n) is 2.39. The van der Waals surface area contributed by atoms with Gasteiger partial charge in [-0.1, -0.05) is 12.1 Å². The van der Waals surface area contributed by atoms with E-state index in [0.717, 1.165) is 25.2 Å². The highest BCUT2D eigenvalue weighted by Crippen LogP contribution is 2.20. The highest BCUT2D eigenvalue weighted by atomic mass is 16.4. The summed E-state index contributed by atoms with van der Waals surface area (Å²) in [6, 6.07) is 7.98. The lowest BCUT2D eigenvalue weighted by molar-refractivity contribution is 0.0698. The number of hydrogen-bond donors (Lipinski definition) is 2. The maximum absolute atomic E-state index is 11.1. The molecule has 0 spiro atoms. The first kappa shape index (κ1) is 12.9. The summed E-state index contributed by atoms with van der Waals surface area (Å²) in [5.41, 5.74) is 1.07. The number of benzene rings is 1. The maximum Gasteiger partial charge on any atom is 0.337 e. The first-order valence-corrected chi connectivity index (χ1v) is 6.41. The van der Waals surface area contributed by atoms with Crippen LogP contribution in [0.2, 0.25) is 0 Å². The van der Waals surface area contributed by atoms with Gasteiger partial charge >= 0.3 is 5.97 Å². The molecule has 0 saturated carbocycles. The smallest absolute Gasteiger partial charge is 0.337 e. The number of para-hydroxylation sites is 1. The van der Waals surface area contributed by atoms with Crippen LogP contribution in [-0.2, 0) is 0 Å². The summed E-state index contributed by atoms with van der Waals surface area (Å²) in [4.78, 5) is 13.5. The molecule has 1 aliphatic rings. The van der Waals surface area contributed by atoms with Crippen molar-refractivity contribution < 1.29 is 9.90 Å². The van der Waals surface area contributed by atoms with Crippen LogP contribution in [0.15, 0.2) is 24.3 Å². The van der Waals surface area contributed by atoms with Gasteiger partial charge in [-0.2, -0.15) is 0 Å². The molecule has 4 heteroatoms. The molecular weight excluding hydrogens is 228 g/mol. The Kier molecular flexibility index (Phi) is 3.87. The zero-order valence-electron chi connectivity index (χ0n) is 10.9. The normalized spacial score (nSPS) is 20.3. The average Bonchev–Trinajstić information content (AvgIpc) is 2.78. The molecule has 0 aromatic heterocycles.